The van der Waals surface area contributed by atoms with E-state index in [9.17, 15) is 9.59 Å². The second-order valence-electron chi connectivity index (χ2n) is 7.64. The van der Waals surface area contributed by atoms with E-state index in [4.69, 9.17) is 14.2 Å². The van der Waals surface area contributed by atoms with E-state index < -0.39 is 0 Å². The summed E-state index contributed by atoms with van der Waals surface area (Å²) in [5.74, 6) is 0.731. The Morgan fingerprint density at radius 2 is 1.69 bits per heavy atom. The van der Waals surface area contributed by atoms with E-state index in [2.05, 4.69) is 10.3 Å². The number of carbonyl (C=O) groups is 2. The molecule has 0 aliphatic carbocycles. The second-order valence-corrected chi connectivity index (χ2v) is 8.75. The SMILES string of the molecule is COc1ccccc1NC(=O)COc1ccc(C(=O)N(C)Cc2nc3ccccc3s2)cc1OC. The van der Waals surface area contributed by atoms with Crippen molar-refractivity contribution in [3.63, 3.8) is 0 Å². The molecule has 1 N–H and O–H groups in total. The Balaban J connectivity index is 1.39. The number of carbonyl (C=O) groups excluding carboxylic acids is 2. The maximum absolute atomic E-state index is 13.0. The van der Waals surface area contributed by atoms with Gasteiger partial charge in [-0.25, -0.2) is 4.98 Å². The number of ether oxygens (including phenoxy) is 3. The molecule has 0 spiro atoms. The molecule has 4 rings (SSSR count). The van der Waals surface area contributed by atoms with Crippen LogP contribution in [0.4, 0.5) is 5.69 Å². The molecule has 0 aliphatic rings. The highest BCUT2D eigenvalue weighted by atomic mass is 32.1. The molecule has 0 aliphatic heterocycles. The molecule has 0 atom stereocenters. The molecule has 0 bridgehead atoms. The molecule has 0 radical (unpaired) electrons. The first-order valence-corrected chi connectivity index (χ1v) is 11.6. The molecular formula is C26H25N3O5S. The number of rotatable bonds is 9. The van der Waals surface area contributed by atoms with E-state index in [-0.39, 0.29) is 18.4 Å². The van der Waals surface area contributed by atoms with Crippen LogP contribution in [0.1, 0.15) is 15.4 Å². The van der Waals surface area contributed by atoms with Gasteiger partial charge in [-0.3, -0.25) is 9.59 Å². The molecule has 35 heavy (non-hydrogen) atoms. The van der Waals surface area contributed by atoms with E-state index in [0.29, 0.717) is 35.0 Å². The molecule has 1 aromatic heterocycles. The number of anilines is 1. The van der Waals surface area contributed by atoms with Crippen LogP contribution in [0.2, 0.25) is 0 Å². The number of methoxy groups -OCH3 is 2. The zero-order valence-corrected chi connectivity index (χ0v) is 20.4. The van der Waals surface area contributed by atoms with Crippen molar-refractivity contribution in [1.82, 2.24) is 9.88 Å². The molecule has 4 aromatic rings. The molecule has 0 saturated heterocycles. The number of nitrogens with one attached hydrogen (secondary N) is 1. The lowest BCUT2D eigenvalue weighted by Crippen LogP contribution is -2.26. The minimum absolute atomic E-state index is 0.178. The van der Waals surface area contributed by atoms with E-state index in [0.717, 1.165) is 15.2 Å². The smallest absolute Gasteiger partial charge is 0.262 e. The highest BCUT2D eigenvalue weighted by Crippen LogP contribution is 2.29. The zero-order chi connectivity index (χ0) is 24.8. The first kappa shape index (κ1) is 24.0. The molecular weight excluding hydrogens is 466 g/mol. The number of para-hydroxylation sites is 3. The number of thiazole rings is 1. The minimum atomic E-state index is -0.354. The number of aromatic nitrogens is 1. The number of benzene rings is 3. The van der Waals surface area contributed by atoms with Crippen LogP contribution in [0.5, 0.6) is 17.2 Å². The van der Waals surface area contributed by atoms with Gasteiger partial charge in [-0.1, -0.05) is 24.3 Å². The zero-order valence-electron chi connectivity index (χ0n) is 19.6. The Morgan fingerprint density at radius 1 is 0.943 bits per heavy atom. The average molecular weight is 492 g/mol. The van der Waals surface area contributed by atoms with Crippen molar-refractivity contribution < 1.29 is 23.8 Å². The van der Waals surface area contributed by atoms with Crippen molar-refractivity contribution in [2.24, 2.45) is 0 Å². The van der Waals surface area contributed by atoms with Gasteiger partial charge in [0.05, 0.1) is 36.7 Å². The summed E-state index contributed by atoms with van der Waals surface area (Å²) in [6.07, 6.45) is 0. The van der Waals surface area contributed by atoms with Crippen LogP contribution in [0.3, 0.4) is 0 Å². The lowest BCUT2D eigenvalue weighted by molar-refractivity contribution is -0.118. The van der Waals surface area contributed by atoms with Crippen LogP contribution >= 0.6 is 11.3 Å². The van der Waals surface area contributed by atoms with Crippen molar-refractivity contribution in [2.45, 2.75) is 6.54 Å². The lowest BCUT2D eigenvalue weighted by Gasteiger charge is -2.17. The molecule has 0 saturated carbocycles. The van der Waals surface area contributed by atoms with Crippen molar-refractivity contribution in [3.05, 3.63) is 77.3 Å². The van der Waals surface area contributed by atoms with Crippen LogP contribution < -0.4 is 19.5 Å². The van der Waals surface area contributed by atoms with Gasteiger partial charge in [-0.2, -0.15) is 0 Å². The number of amides is 2. The second kappa shape index (κ2) is 10.9. The first-order chi connectivity index (χ1) is 17.0. The van der Waals surface area contributed by atoms with Gasteiger partial charge in [-0.15, -0.1) is 11.3 Å². The highest BCUT2D eigenvalue weighted by Gasteiger charge is 2.17. The summed E-state index contributed by atoms with van der Waals surface area (Å²) < 4.78 is 17.4. The Morgan fingerprint density at radius 3 is 2.46 bits per heavy atom. The van der Waals surface area contributed by atoms with Crippen molar-refractivity contribution in [3.8, 4) is 17.2 Å². The molecule has 0 unspecified atom stereocenters. The number of fused-ring (bicyclic) bond motifs is 1. The average Bonchev–Trinajstić information content (AvgIpc) is 3.29. The third-order valence-electron chi connectivity index (χ3n) is 5.21. The van der Waals surface area contributed by atoms with Gasteiger partial charge >= 0.3 is 0 Å². The topological polar surface area (TPSA) is 90.0 Å². The van der Waals surface area contributed by atoms with Crippen LogP contribution in [0.15, 0.2) is 66.7 Å². The van der Waals surface area contributed by atoms with Crippen LogP contribution in [-0.4, -0.2) is 49.6 Å². The predicted molar refractivity (Wildman–Crippen MR) is 136 cm³/mol. The predicted octanol–water partition coefficient (Wildman–Crippen LogP) is 4.60. The van der Waals surface area contributed by atoms with Gasteiger partial charge in [0.25, 0.3) is 11.8 Å². The third kappa shape index (κ3) is 5.70. The third-order valence-corrected chi connectivity index (χ3v) is 6.23. The van der Waals surface area contributed by atoms with Crippen molar-refractivity contribution in [2.75, 3.05) is 33.2 Å². The van der Waals surface area contributed by atoms with Gasteiger partial charge in [0, 0.05) is 12.6 Å². The summed E-state index contributed by atoms with van der Waals surface area (Å²) in [5, 5.41) is 3.61. The fourth-order valence-corrected chi connectivity index (χ4v) is 4.50. The van der Waals surface area contributed by atoms with Crippen LogP contribution in [0, 0.1) is 0 Å². The minimum Gasteiger partial charge on any atom is -0.495 e. The van der Waals surface area contributed by atoms with E-state index >= 15 is 0 Å². The van der Waals surface area contributed by atoms with Crippen molar-refractivity contribution in [1.29, 1.82) is 0 Å². The Bertz CT molecular complexity index is 1320. The maximum Gasteiger partial charge on any atom is 0.262 e. The summed E-state index contributed by atoms with van der Waals surface area (Å²) in [5.41, 5.74) is 1.91. The quantitative estimate of drug-likeness (QED) is 0.368. The van der Waals surface area contributed by atoms with Crippen LogP contribution in [0.25, 0.3) is 10.2 Å². The lowest BCUT2D eigenvalue weighted by atomic mass is 10.1. The standard InChI is InChI=1S/C26H25N3O5S/c1-29(15-25-28-19-9-5-7-11-23(19)35-25)26(31)17-12-13-21(22(14-17)33-3)34-16-24(30)27-18-8-4-6-10-20(18)32-2/h4-14H,15-16H2,1-3H3,(H,27,30). The van der Waals surface area contributed by atoms with Gasteiger partial charge in [-0.05, 0) is 42.5 Å². The molecule has 9 heteroatoms. The van der Waals surface area contributed by atoms with E-state index in [1.54, 1.807) is 59.7 Å². The Hall–Kier alpha value is -4.11. The fraction of sp³-hybridized carbons (Fsp3) is 0.192. The summed E-state index contributed by atoms with van der Waals surface area (Å²) in [6.45, 7) is 0.154. The normalized spacial score (nSPS) is 10.6. The molecule has 1 heterocycles. The van der Waals surface area contributed by atoms with E-state index in [1.165, 1.54) is 14.2 Å². The van der Waals surface area contributed by atoms with Gasteiger partial charge < -0.3 is 24.4 Å². The summed E-state index contributed by atoms with van der Waals surface area (Å²) >= 11 is 1.56. The summed E-state index contributed by atoms with van der Waals surface area (Å²) in [4.78, 5) is 31.6. The molecule has 3 aromatic carbocycles. The summed E-state index contributed by atoms with van der Waals surface area (Å²) in [7, 11) is 4.75. The fourth-order valence-electron chi connectivity index (χ4n) is 3.48. The molecule has 180 valence electrons. The molecule has 0 fully saturated rings. The molecule has 2 amide bonds. The van der Waals surface area contributed by atoms with Gasteiger partial charge in [0.15, 0.2) is 18.1 Å². The largest absolute Gasteiger partial charge is 0.495 e. The number of nitrogens with zero attached hydrogens (tertiary/aromatic N) is 2. The van der Waals surface area contributed by atoms with Gasteiger partial charge in [0.1, 0.15) is 10.8 Å². The highest BCUT2D eigenvalue weighted by molar-refractivity contribution is 7.18. The van der Waals surface area contributed by atoms with Crippen LogP contribution in [-0.2, 0) is 11.3 Å². The first-order valence-electron chi connectivity index (χ1n) is 10.8. The summed E-state index contributed by atoms with van der Waals surface area (Å²) in [6, 6.07) is 19.9. The molecule has 8 nitrogen and oxygen atoms in total. The van der Waals surface area contributed by atoms with E-state index in [1.807, 2.05) is 30.3 Å². The Kier molecular flexibility index (Phi) is 7.47. The monoisotopic (exact) mass is 491 g/mol. The number of hydrogen-bond acceptors (Lipinski definition) is 7. The number of hydrogen-bond donors (Lipinski definition) is 1. The Labute approximate surface area is 207 Å². The van der Waals surface area contributed by atoms with Gasteiger partial charge in [0.2, 0.25) is 0 Å². The van der Waals surface area contributed by atoms with Crippen molar-refractivity contribution >= 4 is 39.1 Å². The maximum atomic E-state index is 13.0.